The number of nitrogen functional groups attached to an aromatic ring is 1. The molecule has 10 heteroatoms. The van der Waals surface area contributed by atoms with Crippen molar-refractivity contribution in [3.63, 3.8) is 0 Å². The van der Waals surface area contributed by atoms with Gasteiger partial charge in [0.15, 0.2) is 11.7 Å². The predicted octanol–water partition coefficient (Wildman–Crippen LogP) is 3.43. The Morgan fingerprint density at radius 3 is 2.19 bits per heavy atom. The number of anilines is 1. The number of benzene rings is 2. The summed E-state index contributed by atoms with van der Waals surface area (Å²) in [6, 6.07) is 20.9. The number of furan rings is 1. The predicted molar refractivity (Wildman–Crippen MR) is 136 cm³/mol. The molecule has 3 amide bonds. The molecular weight excluding hydrogens is 478 g/mol. The van der Waals surface area contributed by atoms with Crippen LogP contribution in [0.2, 0.25) is 0 Å². The van der Waals surface area contributed by atoms with E-state index in [1.54, 1.807) is 19.1 Å². The molecule has 0 saturated carbocycles. The maximum atomic E-state index is 13.8. The van der Waals surface area contributed by atoms with Crippen molar-refractivity contribution in [3.8, 4) is 0 Å². The van der Waals surface area contributed by atoms with Crippen LogP contribution in [-0.4, -0.2) is 27.0 Å². The number of rotatable bonds is 9. The number of carbonyl (C=O) groups excluding carboxylic acids is 3. The topological polar surface area (TPSA) is 145 Å². The fourth-order valence-corrected chi connectivity index (χ4v) is 4.49. The third kappa shape index (κ3) is 5.44. The summed E-state index contributed by atoms with van der Waals surface area (Å²) in [6.07, 6.45) is 0. The van der Waals surface area contributed by atoms with Crippen LogP contribution in [-0.2, 0) is 17.9 Å². The van der Waals surface area contributed by atoms with Gasteiger partial charge in [-0.05, 0) is 41.7 Å². The molecule has 0 aliphatic heterocycles. The zero-order chi connectivity index (χ0) is 25.7. The van der Waals surface area contributed by atoms with Gasteiger partial charge < -0.3 is 26.1 Å². The highest BCUT2D eigenvalue weighted by atomic mass is 32.1. The van der Waals surface area contributed by atoms with E-state index in [-0.39, 0.29) is 29.3 Å². The molecule has 0 saturated heterocycles. The zero-order valence-electron chi connectivity index (χ0n) is 19.5. The quantitative estimate of drug-likeness (QED) is 0.319. The summed E-state index contributed by atoms with van der Waals surface area (Å²) >= 11 is 0.762. The lowest BCUT2D eigenvalue weighted by Gasteiger charge is -2.29. The molecule has 0 aliphatic rings. The second-order valence-corrected chi connectivity index (χ2v) is 8.88. The van der Waals surface area contributed by atoms with Crippen LogP contribution in [0.1, 0.15) is 48.8 Å². The van der Waals surface area contributed by atoms with E-state index in [4.69, 9.17) is 15.9 Å². The van der Waals surface area contributed by atoms with Crippen molar-refractivity contribution < 1.29 is 18.8 Å². The average molecular weight is 504 g/mol. The van der Waals surface area contributed by atoms with E-state index in [1.165, 1.54) is 4.90 Å². The Morgan fingerprint density at radius 1 is 1.00 bits per heavy atom. The Kier molecular flexibility index (Phi) is 7.45. The second kappa shape index (κ2) is 10.9. The maximum Gasteiger partial charge on any atom is 0.270 e. The molecule has 1 atom stereocenters. The number of hydrogen-bond acceptors (Lipinski definition) is 7. The number of aromatic nitrogens is 1. The van der Waals surface area contributed by atoms with Gasteiger partial charge in [-0.2, -0.15) is 4.37 Å². The van der Waals surface area contributed by atoms with Crippen LogP contribution in [0, 0.1) is 6.92 Å². The number of primary amides is 1. The third-order valence-corrected chi connectivity index (χ3v) is 6.36. The molecule has 36 heavy (non-hydrogen) atoms. The fraction of sp³-hybridized carbons (Fsp3) is 0.154. The summed E-state index contributed by atoms with van der Waals surface area (Å²) in [7, 11) is 0. The highest BCUT2D eigenvalue weighted by Gasteiger charge is 2.36. The Labute approximate surface area is 211 Å². The van der Waals surface area contributed by atoms with Crippen LogP contribution < -0.4 is 16.8 Å². The van der Waals surface area contributed by atoms with E-state index < -0.39 is 23.8 Å². The lowest BCUT2D eigenvalue weighted by molar-refractivity contribution is -0.126. The van der Waals surface area contributed by atoms with Crippen molar-refractivity contribution in [3.05, 3.63) is 106 Å². The van der Waals surface area contributed by atoms with Crippen molar-refractivity contribution in [2.24, 2.45) is 5.73 Å². The summed E-state index contributed by atoms with van der Waals surface area (Å²) in [5, 5.41) is 2.91. The van der Waals surface area contributed by atoms with Crippen LogP contribution in [0.25, 0.3) is 0 Å². The van der Waals surface area contributed by atoms with Crippen LogP contribution in [0.15, 0.2) is 77.2 Å². The number of hydrogen-bond donors (Lipinski definition) is 3. The second-order valence-electron chi connectivity index (χ2n) is 8.11. The van der Waals surface area contributed by atoms with E-state index >= 15 is 0 Å². The van der Waals surface area contributed by atoms with E-state index in [0.717, 1.165) is 22.7 Å². The van der Waals surface area contributed by atoms with Gasteiger partial charge in [0.05, 0.1) is 5.69 Å². The lowest BCUT2D eigenvalue weighted by Crippen LogP contribution is -2.43. The molecule has 0 fully saturated rings. The Morgan fingerprint density at radius 2 is 1.64 bits per heavy atom. The summed E-state index contributed by atoms with van der Waals surface area (Å²) < 4.78 is 9.78. The molecule has 184 valence electrons. The molecule has 0 aliphatic carbocycles. The normalized spacial score (nSPS) is 11.6. The number of aryl methyl sites for hydroxylation is 1. The average Bonchev–Trinajstić information content (AvgIpc) is 3.48. The van der Waals surface area contributed by atoms with E-state index in [2.05, 4.69) is 9.69 Å². The first kappa shape index (κ1) is 24.7. The van der Waals surface area contributed by atoms with Crippen LogP contribution in [0.4, 0.5) is 5.69 Å². The van der Waals surface area contributed by atoms with Gasteiger partial charge in [-0.15, -0.1) is 0 Å². The summed E-state index contributed by atoms with van der Waals surface area (Å²) in [5.41, 5.74) is 12.8. The minimum Gasteiger partial charge on any atom is -0.464 e. The standard InChI is InChI=1S/C26H25N5O4S/c1-16-12-13-19(35-16)22(25(33)29-14-17-8-4-2-5-9-17)31(15-18-10-6-3-7-11-18)26(34)23-20(27)21(24(28)32)30-36-23/h2-13,22H,14-15,27H2,1H3,(H2,28,32)(H,29,33)/t22-/m0/s1. The number of nitrogens with two attached hydrogens (primary N) is 2. The van der Waals surface area contributed by atoms with Crippen molar-refractivity contribution in [2.75, 3.05) is 5.73 Å². The first-order chi connectivity index (χ1) is 17.3. The first-order valence-electron chi connectivity index (χ1n) is 11.1. The molecule has 0 unspecified atom stereocenters. The van der Waals surface area contributed by atoms with Gasteiger partial charge in [0.2, 0.25) is 0 Å². The Hall–Kier alpha value is -4.44. The maximum absolute atomic E-state index is 13.8. The van der Waals surface area contributed by atoms with Crippen LogP contribution in [0.5, 0.6) is 0 Å². The lowest BCUT2D eigenvalue weighted by atomic mass is 10.1. The van der Waals surface area contributed by atoms with Crippen molar-refractivity contribution in [1.29, 1.82) is 0 Å². The molecule has 0 bridgehead atoms. The molecule has 2 heterocycles. The number of amides is 3. The summed E-state index contributed by atoms with van der Waals surface area (Å²) in [5.74, 6) is -0.964. The molecule has 5 N–H and O–H groups in total. The Balaban J connectivity index is 1.74. The molecular formula is C26H25N5O4S. The Bertz CT molecular complexity index is 1370. The van der Waals surface area contributed by atoms with Gasteiger partial charge in [-0.3, -0.25) is 14.4 Å². The largest absolute Gasteiger partial charge is 0.464 e. The minimum atomic E-state index is -1.12. The zero-order valence-corrected chi connectivity index (χ0v) is 20.3. The van der Waals surface area contributed by atoms with Gasteiger partial charge >= 0.3 is 0 Å². The summed E-state index contributed by atoms with van der Waals surface area (Å²) in [4.78, 5) is 40.5. The highest BCUT2D eigenvalue weighted by Crippen LogP contribution is 2.31. The number of carbonyl (C=O) groups is 3. The smallest absolute Gasteiger partial charge is 0.270 e. The van der Waals surface area contributed by atoms with Crippen molar-refractivity contribution in [2.45, 2.75) is 26.1 Å². The fourth-order valence-electron chi connectivity index (χ4n) is 3.73. The minimum absolute atomic E-state index is 0.0175. The molecule has 0 spiro atoms. The van der Waals surface area contributed by atoms with Crippen molar-refractivity contribution >= 4 is 34.9 Å². The van der Waals surface area contributed by atoms with Gasteiger partial charge in [0.1, 0.15) is 16.4 Å². The molecule has 2 aromatic carbocycles. The third-order valence-electron chi connectivity index (χ3n) is 5.51. The molecule has 2 aromatic heterocycles. The monoisotopic (exact) mass is 503 g/mol. The van der Waals surface area contributed by atoms with Crippen molar-refractivity contribution in [1.82, 2.24) is 14.6 Å². The molecule has 9 nitrogen and oxygen atoms in total. The van der Waals surface area contributed by atoms with Crippen LogP contribution >= 0.6 is 11.5 Å². The molecule has 0 radical (unpaired) electrons. The molecule has 4 rings (SSSR count). The number of nitrogens with one attached hydrogen (secondary N) is 1. The van der Waals surface area contributed by atoms with Crippen LogP contribution in [0.3, 0.4) is 0 Å². The van der Waals surface area contributed by atoms with E-state index in [9.17, 15) is 14.4 Å². The summed E-state index contributed by atoms with van der Waals surface area (Å²) in [6.45, 7) is 2.09. The number of nitrogens with zero attached hydrogens (tertiary/aromatic N) is 2. The van der Waals surface area contributed by atoms with Gasteiger partial charge in [-0.25, -0.2) is 0 Å². The van der Waals surface area contributed by atoms with E-state index in [1.807, 2.05) is 60.7 Å². The van der Waals surface area contributed by atoms with Gasteiger partial charge in [-0.1, -0.05) is 60.7 Å². The SMILES string of the molecule is Cc1ccc([C@@H](C(=O)NCc2ccccc2)N(Cc2ccccc2)C(=O)c2snc(C(N)=O)c2N)o1. The molecule has 4 aromatic rings. The van der Waals surface area contributed by atoms with Gasteiger partial charge in [0.25, 0.3) is 17.7 Å². The highest BCUT2D eigenvalue weighted by molar-refractivity contribution is 7.09. The van der Waals surface area contributed by atoms with Gasteiger partial charge in [0, 0.05) is 13.1 Å². The van der Waals surface area contributed by atoms with E-state index in [0.29, 0.717) is 11.5 Å². The first-order valence-corrected chi connectivity index (χ1v) is 11.9.